The van der Waals surface area contributed by atoms with Gasteiger partial charge in [-0.2, -0.15) is 0 Å². The van der Waals surface area contributed by atoms with Gasteiger partial charge >= 0.3 is 0 Å². The molecule has 0 radical (unpaired) electrons. The Bertz CT molecular complexity index is 709. The Hall–Kier alpha value is -1.90. The molecule has 30 heavy (non-hydrogen) atoms. The molecule has 0 amide bonds. The number of nitrogens with zero attached hydrogens (tertiary/aromatic N) is 4. The molecule has 0 bridgehead atoms. The van der Waals surface area contributed by atoms with Crippen molar-refractivity contribution in [3.05, 3.63) is 29.6 Å². The quantitative estimate of drug-likeness (QED) is 0.557. The van der Waals surface area contributed by atoms with Crippen molar-refractivity contribution in [2.75, 3.05) is 66.6 Å². The van der Waals surface area contributed by atoms with Crippen molar-refractivity contribution in [2.45, 2.75) is 32.5 Å². The van der Waals surface area contributed by atoms with Crippen molar-refractivity contribution in [1.29, 1.82) is 0 Å². The number of morpholine rings is 1. The summed E-state index contributed by atoms with van der Waals surface area (Å²) in [6.45, 7) is 12.3. The molecular formula is C22H36FN5O2. The molecule has 2 unspecified atom stereocenters. The van der Waals surface area contributed by atoms with Gasteiger partial charge in [0, 0.05) is 64.9 Å². The summed E-state index contributed by atoms with van der Waals surface area (Å²) in [4.78, 5) is 11.6. The van der Waals surface area contributed by atoms with Crippen molar-refractivity contribution >= 4 is 5.96 Å². The summed E-state index contributed by atoms with van der Waals surface area (Å²) in [6, 6.07) is 6.07. The summed E-state index contributed by atoms with van der Waals surface area (Å²) in [5.74, 6) is 0.944. The van der Waals surface area contributed by atoms with Crippen LogP contribution in [0.25, 0.3) is 0 Å². The third kappa shape index (κ3) is 5.83. The molecule has 2 aliphatic heterocycles. The number of aliphatic imine (C=N–C) groups is 1. The van der Waals surface area contributed by atoms with E-state index in [2.05, 4.69) is 38.9 Å². The predicted molar refractivity (Wildman–Crippen MR) is 118 cm³/mol. The Kier molecular flexibility index (Phi) is 8.30. The molecule has 1 aromatic carbocycles. The lowest BCUT2D eigenvalue weighted by Gasteiger charge is -2.39. The second-order valence-electron chi connectivity index (χ2n) is 8.17. The van der Waals surface area contributed by atoms with Crippen LogP contribution in [0.4, 0.5) is 4.39 Å². The molecule has 2 atom stereocenters. The zero-order chi connectivity index (χ0) is 21.5. The van der Waals surface area contributed by atoms with Gasteiger partial charge in [-0.05, 0) is 31.5 Å². The Balaban J connectivity index is 1.45. The fraction of sp³-hybridized carbons (Fsp3) is 0.682. The number of nitrogens with one attached hydrogen (secondary N) is 1. The van der Waals surface area contributed by atoms with Gasteiger partial charge in [-0.3, -0.25) is 14.8 Å². The SMILES string of the molecule is CN=C(NCC(C)N1CCOCC1C)N1CCN(Cc2ccc(OC)c(F)c2)CC1. The van der Waals surface area contributed by atoms with Gasteiger partial charge < -0.3 is 19.7 Å². The molecule has 1 aromatic rings. The van der Waals surface area contributed by atoms with E-state index < -0.39 is 0 Å². The average molecular weight is 422 g/mol. The Morgan fingerprint density at radius 3 is 2.70 bits per heavy atom. The third-order valence-electron chi connectivity index (χ3n) is 6.05. The van der Waals surface area contributed by atoms with Crippen LogP contribution < -0.4 is 10.1 Å². The molecule has 0 aromatic heterocycles. The smallest absolute Gasteiger partial charge is 0.193 e. The molecule has 0 saturated carbocycles. The van der Waals surface area contributed by atoms with Gasteiger partial charge in [0.1, 0.15) is 0 Å². The fourth-order valence-electron chi connectivity index (χ4n) is 4.27. The molecule has 3 rings (SSSR count). The second kappa shape index (κ2) is 10.9. The maximum atomic E-state index is 13.9. The van der Waals surface area contributed by atoms with E-state index in [0.717, 1.165) is 70.6 Å². The van der Waals surface area contributed by atoms with Crippen molar-refractivity contribution in [2.24, 2.45) is 4.99 Å². The molecule has 0 aliphatic carbocycles. The van der Waals surface area contributed by atoms with E-state index in [0.29, 0.717) is 17.8 Å². The van der Waals surface area contributed by atoms with Gasteiger partial charge in [0.15, 0.2) is 17.5 Å². The maximum absolute atomic E-state index is 13.9. The van der Waals surface area contributed by atoms with Gasteiger partial charge in [-0.1, -0.05) is 6.07 Å². The molecule has 168 valence electrons. The maximum Gasteiger partial charge on any atom is 0.193 e. The lowest BCUT2D eigenvalue weighted by Crippen LogP contribution is -2.55. The summed E-state index contributed by atoms with van der Waals surface area (Å²) in [5, 5.41) is 3.55. The topological polar surface area (TPSA) is 52.6 Å². The first kappa shape index (κ1) is 22.8. The van der Waals surface area contributed by atoms with E-state index >= 15 is 0 Å². The number of benzene rings is 1. The van der Waals surface area contributed by atoms with Crippen LogP contribution in [0.15, 0.2) is 23.2 Å². The van der Waals surface area contributed by atoms with E-state index in [4.69, 9.17) is 9.47 Å². The molecule has 1 N–H and O–H groups in total. The molecule has 2 fully saturated rings. The van der Waals surface area contributed by atoms with Crippen LogP contribution in [0.5, 0.6) is 5.75 Å². The van der Waals surface area contributed by atoms with Crippen LogP contribution in [-0.2, 0) is 11.3 Å². The Morgan fingerprint density at radius 1 is 1.30 bits per heavy atom. The summed E-state index contributed by atoms with van der Waals surface area (Å²) in [6.07, 6.45) is 0. The van der Waals surface area contributed by atoms with E-state index in [1.54, 1.807) is 12.1 Å². The van der Waals surface area contributed by atoms with E-state index in [-0.39, 0.29) is 5.82 Å². The lowest BCUT2D eigenvalue weighted by molar-refractivity contribution is -0.0175. The molecule has 0 spiro atoms. The van der Waals surface area contributed by atoms with E-state index in [1.165, 1.54) is 7.11 Å². The molecule has 8 heteroatoms. The summed E-state index contributed by atoms with van der Waals surface area (Å²) in [5.41, 5.74) is 0.970. The van der Waals surface area contributed by atoms with Crippen LogP contribution in [-0.4, -0.2) is 99.4 Å². The summed E-state index contributed by atoms with van der Waals surface area (Å²) in [7, 11) is 3.33. The number of hydrogen-bond donors (Lipinski definition) is 1. The van der Waals surface area contributed by atoms with Crippen molar-refractivity contribution in [1.82, 2.24) is 20.0 Å². The lowest BCUT2D eigenvalue weighted by atomic mass is 10.1. The Labute approximate surface area is 179 Å². The highest BCUT2D eigenvalue weighted by molar-refractivity contribution is 5.80. The van der Waals surface area contributed by atoms with Gasteiger partial charge in [0.25, 0.3) is 0 Å². The zero-order valence-corrected chi connectivity index (χ0v) is 18.7. The number of piperazine rings is 1. The second-order valence-corrected chi connectivity index (χ2v) is 8.17. The third-order valence-corrected chi connectivity index (χ3v) is 6.05. The first-order valence-electron chi connectivity index (χ1n) is 10.9. The number of rotatable bonds is 6. The normalized spacial score (nSPS) is 22.8. The Morgan fingerprint density at radius 2 is 2.07 bits per heavy atom. The largest absolute Gasteiger partial charge is 0.494 e. The van der Waals surface area contributed by atoms with Crippen LogP contribution in [0.1, 0.15) is 19.4 Å². The van der Waals surface area contributed by atoms with Crippen LogP contribution >= 0.6 is 0 Å². The minimum absolute atomic E-state index is 0.291. The highest BCUT2D eigenvalue weighted by Gasteiger charge is 2.25. The number of hydrogen-bond acceptors (Lipinski definition) is 5. The van der Waals surface area contributed by atoms with Crippen LogP contribution in [0.3, 0.4) is 0 Å². The predicted octanol–water partition coefficient (Wildman–Crippen LogP) is 1.64. The fourth-order valence-corrected chi connectivity index (χ4v) is 4.27. The van der Waals surface area contributed by atoms with Gasteiger partial charge in [-0.25, -0.2) is 4.39 Å². The number of methoxy groups -OCH3 is 1. The van der Waals surface area contributed by atoms with Crippen molar-refractivity contribution in [3.8, 4) is 5.75 Å². The van der Waals surface area contributed by atoms with Gasteiger partial charge in [0.2, 0.25) is 0 Å². The molecule has 2 saturated heterocycles. The van der Waals surface area contributed by atoms with Gasteiger partial charge in [-0.15, -0.1) is 0 Å². The first-order chi connectivity index (χ1) is 14.5. The first-order valence-corrected chi connectivity index (χ1v) is 10.9. The van der Waals surface area contributed by atoms with Crippen LogP contribution in [0.2, 0.25) is 0 Å². The monoisotopic (exact) mass is 421 g/mol. The number of ether oxygens (including phenoxy) is 2. The van der Waals surface area contributed by atoms with Crippen molar-refractivity contribution < 1.29 is 13.9 Å². The zero-order valence-electron chi connectivity index (χ0n) is 18.7. The molecule has 7 nitrogen and oxygen atoms in total. The van der Waals surface area contributed by atoms with Crippen molar-refractivity contribution in [3.63, 3.8) is 0 Å². The average Bonchev–Trinajstić information content (AvgIpc) is 2.75. The molecule has 2 heterocycles. The number of halogens is 1. The van der Waals surface area contributed by atoms with E-state index in [9.17, 15) is 4.39 Å². The minimum atomic E-state index is -0.304. The molecule has 2 aliphatic rings. The molecular weight excluding hydrogens is 385 g/mol. The summed E-state index contributed by atoms with van der Waals surface area (Å²) < 4.78 is 24.5. The number of guanidine groups is 1. The summed E-state index contributed by atoms with van der Waals surface area (Å²) >= 11 is 0. The van der Waals surface area contributed by atoms with Gasteiger partial charge in [0.05, 0.1) is 20.3 Å². The van der Waals surface area contributed by atoms with Crippen LogP contribution in [0, 0.1) is 5.82 Å². The van der Waals surface area contributed by atoms with E-state index in [1.807, 2.05) is 13.1 Å². The standard InChI is InChI=1S/C22H36FN5O2/c1-17(28-11-12-30-16-18(28)2)14-25-22(24-3)27-9-7-26(8-10-27)15-19-5-6-21(29-4)20(23)13-19/h5-6,13,17-18H,7-12,14-16H2,1-4H3,(H,24,25). The highest BCUT2D eigenvalue weighted by atomic mass is 19.1. The highest BCUT2D eigenvalue weighted by Crippen LogP contribution is 2.19. The minimum Gasteiger partial charge on any atom is -0.494 e.